The highest BCUT2D eigenvalue weighted by Gasteiger charge is 2.14. The van der Waals surface area contributed by atoms with Gasteiger partial charge in [-0.05, 0) is 17.7 Å². The maximum absolute atomic E-state index is 13.0. The van der Waals surface area contributed by atoms with Crippen LogP contribution in [-0.2, 0) is 0 Å². The van der Waals surface area contributed by atoms with Crippen molar-refractivity contribution in [1.29, 1.82) is 0 Å². The summed E-state index contributed by atoms with van der Waals surface area (Å²) in [6.07, 6.45) is 0. The van der Waals surface area contributed by atoms with Gasteiger partial charge in [-0.15, -0.1) is 11.3 Å². The summed E-state index contributed by atoms with van der Waals surface area (Å²) in [7, 11) is 0. The minimum Gasteiger partial charge on any atom is -0.266 e. The highest BCUT2D eigenvalue weighted by Crippen LogP contribution is 2.24. The average Bonchev–Trinajstić information content (AvgIpc) is 3.05. The van der Waals surface area contributed by atoms with E-state index in [1.165, 1.54) is 11.3 Å². The summed E-state index contributed by atoms with van der Waals surface area (Å²) in [5.41, 5.74) is 3.72. The molecule has 0 spiro atoms. The fourth-order valence-corrected chi connectivity index (χ4v) is 3.69. The van der Waals surface area contributed by atoms with Crippen LogP contribution in [-0.4, -0.2) is 19.4 Å². The first kappa shape index (κ1) is 13.3. The number of thiazole rings is 1. The zero-order chi connectivity index (χ0) is 16.1. The third kappa shape index (κ3) is 1.87. The number of nitrogens with zero attached hydrogens (tertiary/aromatic N) is 4. The van der Waals surface area contributed by atoms with E-state index in [1.807, 2.05) is 60.0 Å². The van der Waals surface area contributed by atoms with Gasteiger partial charge in [-0.25, -0.2) is 14.4 Å². The molecule has 0 N–H and O–H groups in total. The zero-order valence-electron chi connectivity index (χ0n) is 12.4. The summed E-state index contributed by atoms with van der Waals surface area (Å²) < 4.78 is 1.62. The van der Waals surface area contributed by atoms with Crippen LogP contribution in [0.3, 0.4) is 0 Å². The number of fused-ring (bicyclic) bond motifs is 3. The van der Waals surface area contributed by atoms with Crippen LogP contribution in [0.2, 0.25) is 0 Å². The first-order chi connectivity index (χ1) is 11.8. The van der Waals surface area contributed by atoms with Crippen molar-refractivity contribution in [3.8, 4) is 11.3 Å². The SMILES string of the molecule is O=c1c2nc3ccccc3nc2nc2scc(-c3ccccc3)n12. The van der Waals surface area contributed by atoms with E-state index in [4.69, 9.17) is 0 Å². The van der Waals surface area contributed by atoms with Crippen molar-refractivity contribution in [2.75, 3.05) is 0 Å². The largest absolute Gasteiger partial charge is 0.287 e. The van der Waals surface area contributed by atoms with Crippen LogP contribution in [0.5, 0.6) is 0 Å². The Morgan fingerprint density at radius 3 is 2.33 bits per heavy atom. The van der Waals surface area contributed by atoms with Crippen LogP contribution in [0.25, 0.3) is 38.4 Å². The second kappa shape index (κ2) is 4.94. The summed E-state index contributed by atoms with van der Waals surface area (Å²) in [6.45, 7) is 0. The van der Waals surface area contributed by atoms with Crippen LogP contribution < -0.4 is 5.56 Å². The van der Waals surface area contributed by atoms with Gasteiger partial charge in [0.15, 0.2) is 16.1 Å². The smallest absolute Gasteiger partial charge is 0.266 e. The van der Waals surface area contributed by atoms with E-state index in [-0.39, 0.29) is 5.56 Å². The van der Waals surface area contributed by atoms with Crippen LogP contribution in [0, 0.1) is 0 Å². The number of aromatic nitrogens is 4. The highest BCUT2D eigenvalue weighted by atomic mass is 32.1. The van der Waals surface area contributed by atoms with Gasteiger partial charge in [0.2, 0.25) is 0 Å². The molecule has 0 aliphatic carbocycles. The number of para-hydroxylation sites is 2. The standard InChI is InChI=1S/C18H10N4OS/c23-17-15-16(20-13-9-5-4-8-12(13)19-15)21-18-22(17)14(10-24-18)11-6-2-1-3-7-11/h1-10H. The monoisotopic (exact) mass is 330 g/mol. The summed E-state index contributed by atoms with van der Waals surface area (Å²) in [5.74, 6) is 0. The van der Waals surface area contributed by atoms with E-state index in [9.17, 15) is 4.79 Å². The molecule has 6 heteroatoms. The normalized spacial score (nSPS) is 11.5. The van der Waals surface area contributed by atoms with Gasteiger partial charge in [0.25, 0.3) is 5.56 Å². The number of benzene rings is 2. The van der Waals surface area contributed by atoms with Crippen molar-refractivity contribution in [3.05, 3.63) is 70.3 Å². The molecular formula is C18H10N4OS. The van der Waals surface area contributed by atoms with Gasteiger partial charge in [-0.1, -0.05) is 42.5 Å². The molecule has 5 aromatic rings. The number of hydrogen-bond acceptors (Lipinski definition) is 5. The molecule has 0 atom stereocenters. The van der Waals surface area contributed by atoms with Crippen molar-refractivity contribution in [2.24, 2.45) is 0 Å². The van der Waals surface area contributed by atoms with E-state index in [1.54, 1.807) is 4.40 Å². The Kier molecular flexibility index (Phi) is 2.74. The summed E-state index contributed by atoms with van der Waals surface area (Å²) in [5, 5.41) is 1.94. The maximum atomic E-state index is 13.0. The molecule has 0 radical (unpaired) electrons. The predicted molar refractivity (Wildman–Crippen MR) is 95.4 cm³/mol. The van der Waals surface area contributed by atoms with E-state index < -0.39 is 0 Å². The Morgan fingerprint density at radius 2 is 1.54 bits per heavy atom. The molecule has 24 heavy (non-hydrogen) atoms. The second-order valence-corrected chi connectivity index (χ2v) is 6.24. The lowest BCUT2D eigenvalue weighted by Gasteiger charge is -2.03. The van der Waals surface area contributed by atoms with Crippen molar-refractivity contribution >= 4 is 38.5 Å². The Bertz CT molecular complexity index is 1270. The van der Waals surface area contributed by atoms with Crippen molar-refractivity contribution in [3.63, 3.8) is 0 Å². The van der Waals surface area contributed by atoms with Gasteiger partial charge in [0.1, 0.15) is 0 Å². The lowest BCUT2D eigenvalue weighted by molar-refractivity contribution is 1.10. The Morgan fingerprint density at radius 1 is 0.833 bits per heavy atom. The van der Waals surface area contributed by atoms with E-state index in [2.05, 4.69) is 15.0 Å². The lowest BCUT2D eigenvalue weighted by Crippen LogP contribution is -2.16. The topological polar surface area (TPSA) is 60.2 Å². The summed E-state index contributed by atoms with van der Waals surface area (Å²) in [6, 6.07) is 17.3. The second-order valence-electron chi connectivity index (χ2n) is 5.41. The minimum atomic E-state index is -0.187. The molecule has 0 unspecified atom stereocenters. The Hall–Kier alpha value is -3.12. The van der Waals surface area contributed by atoms with E-state index in [0.29, 0.717) is 21.6 Å². The molecular weight excluding hydrogens is 320 g/mol. The molecule has 5 nitrogen and oxygen atoms in total. The number of rotatable bonds is 1. The molecule has 114 valence electrons. The molecule has 0 bridgehead atoms. The molecule has 5 rings (SSSR count). The van der Waals surface area contributed by atoms with Crippen molar-refractivity contribution < 1.29 is 0 Å². The first-order valence-electron chi connectivity index (χ1n) is 7.43. The molecule has 2 aromatic carbocycles. The van der Waals surface area contributed by atoms with Crippen LogP contribution in [0.15, 0.2) is 64.8 Å². The predicted octanol–water partition coefficient (Wildman–Crippen LogP) is 3.52. The molecule has 0 aliphatic rings. The van der Waals surface area contributed by atoms with Crippen molar-refractivity contribution in [1.82, 2.24) is 19.4 Å². The van der Waals surface area contributed by atoms with Gasteiger partial charge < -0.3 is 0 Å². The average molecular weight is 330 g/mol. The molecule has 0 saturated heterocycles. The zero-order valence-corrected chi connectivity index (χ0v) is 13.2. The molecule has 0 saturated carbocycles. The molecule has 3 aromatic heterocycles. The van der Waals surface area contributed by atoms with Crippen LogP contribution in [0.1, 0.15) is 0 Å². The van der Waals surface area contributed by atoms with Gasteiger partial charge in [-0.2, -0.15) is 4.98 Å². The highest BCUT2D eigenvalue weighted by molar-refractivity contribution is 7.15. The minimum absolute atomic E-state index is 0.187. The van der Waals surface area contributed by atoms with Crippen LogP contribution in [0.4, 0.5) is 0 Å². The Labute approximate surface area is 139 Å². The Balaban J connectivity index is 1.92. The van der Waals surface area contributed by atoms with Crippen LogP contribution >= 0.6 is 11.3 Å². The fraction of sp³-hybridized carbons (Fsp3) is 0. The quantitative estimate of drug-likeness (QED) is 0.441. The molecule has 0 fully saturated rings. The maximum Gasteiger partial charge on any atom is 0.287 e. The summed E-state index contributed by atoms with van der Waals surface area (Å²) in [4.78, 5) is 27.2. The van der Waals surface area contributed by atoms with Crippen molar-refractivity contribution in [2.45, 2.75) is 0 Å². The van der Waals surface area contributed by atoms with Gasteiger partial charge >= 0.3 is 0 Å². The van der Waals surface area contributed by atoms with Gasteiger partial charge in [0, 0.05) is 5.38 Å². The fourth-order valence-electron chi connectivity index (χ4n) is 2.80. The first-order valence-corrected chi connectivity index (χ1v) is 8.31. The molecule has 3 heterocycles. The van der Waals surface area contributed by atoms with E-state index >= 15 is 0 Å². The third-order valence-electron chi connectivity index (χ3n) is 3.94. The lowest BCUT2D eigenvalue weighted by atomic mass is 10.2. The third-order valence-corrected chi connectivity index (χ3v) is 4.76. The molecule has 0 aliphatic heterocycles. The summed E-state index contributed by atoms with van der Waals surface area (Å²) >= 11 is 1.43. The van der Waals surface area contributed by atoms with Gasteiger partial charge in [0.05, 0.1) is 16.7 Å². The van der Waals surface area contributed by atoms with E-state index in [0.717, 1.165) is 16.8 Å². The number of hydrogen-bond donors (Lipinski definition) is 0. The van der Waals surface area contributed by atoms with Gasteiger partial charge in [-0.3, -0.25) is 4.79 Å². The molecule has 0 amide bonds.